The van der Waals surface area contributed by atoms with Crippen molar-refractivity contribution >= 4 is 5.95 Å². The van der Waals surface area contributed by atoms with Crippen LogP contribution in [0.2, 0.25) is 0 Å². The molecule has 1 aromatic heterocycles. The van der Waals surface area contributed by atoms with Gasteiger partial charge in [0.15, 0.2) is 0 Å². The Kier molecular flexibility index (Phi) is 4.96. The fourth-order valence-electron chi connectivity index (χ4n) is 2.41. The second-order valence-corrected chi connectivity index (χ2v) is 5.42. The first-order valence-electron chi connectivity index (χ1n) is 7.04. The molecule has 0 radical (unpaired) electrons. The van der Waals surface area contributed by atoms with E-state index in [1.165, 1.54) is 12.8 Å². The van der Waals surface area contributed by atoms with E-state index in [0.29, 0.717) is 17.8 Å². The molecule has 5 heteroatoms. The van der Waals surface area contributed by atoms with Gasteiger partial charge >= 0.3 is 0 Å². The van der Waals surface area contributed by atoms with E-state index in [0.717, 1.165) is 25.6 Å². The van der Waals surface area contributed by atoms with Gasteiger partial charge in [0, 0.05) is 31.4 Å². The molecule has 1 aliphatic rings. The number of aromatic nitrogens is 2. The van der Waals surface area contributed by atoms with E-state index >= 15 is 0 Å². The van der Waals surface area contributed by atoms with Crippen LogP contribution in [0.15, 0.2) is 12.3 Å². The number of nitrogens with one attached hydrogen (secondary N) is 1. The van der Waals surface area contributed by atoms with Crippen molar-refractivity contribution < 1.29 is 4.74 Å². The molecule has 1 aromatic rings. The van der Waals surface area contributed by atoms with Crippen LogP contribution in [-0.2, 0) is 0 Å². The molecule has 1 saturated heterocycles. The van der Waals surface area contributed by atoms with Crippen molar-refractivity contribution in [2.75, 3.05) is 31.6 Å². The molecule has 2 rings (SSSR count). The number of piperidine rings is 1. The maximum absolute atomic E-state index is 5.16. The monoisotopic (exact) mass is 264 g/mol. The van der Waals surface area contributed by atoms with E-state index in [1.54, 1.807) is 19.4 Å². The van der Waals surface area contributed by atoms with Gasteiger partial charge in [-0.3, -0.25) is 0 Å². The van der Waals surface area contributed by atoms with Gasteiger partial charge in [0.2, 0.25) is 11.8 Å². The Morgan fingerprint density at radius 2 is 2.37 bits per heavy atom. The highest BCUT2D eigenvalue weighted by Gasteiger charge is 2.21. The quantitative estimate of drug-likeness (QED) is 0.877. The summed E-state index contributed by atoms with van der Waals surface area (Å²) in [6.45, 7) is 7.49. The van der Waals surface area contributed by atoms with E-state index in [1.807, 2.05) is 0 Å². The van der Waals surface area contributed by atoms with E-state index in [4.69, 9.17) is 4.74 Å². The zero-order valence-corrected chi connectivity index (χ0v) is 12.1. The van der Waals surface area contributed by atoms with Gasteiger partial charge in [0.1, 0.15) is 0 Å². The smallest absolute Gasteiger partial charge is 0.228 e. The maximum atomic E-state index is 5.16. The molecule has 0 saturated carbocycles. The van der Waals surface area contributed by atoms with Crippen LogP contribution in [0.5, 0.6) is 5.88 Å². The van der Waals surface area contributed by atoms with Gasteiger partial charge in [-0.2, -0.15) is 4.98 Å². The molecule has 0 spiro atoms. The fraction of sp³-hybridized carbons (Fsp3) is 0.714. The summed E-state index contributed by atoms with van der Waals surface area (Å²) in [6, 6.07) is 2.33. The van der Waals surface area contributed by atoms with Gasteiger partial charge < -0.3 is 15.0 Å². The predicted octanol–water partition coefficient (Wildman–Crippen LogP) is 1.70. The first-order valence-corrected chi connectivity index (χ1v) is 7.04. The predicted molar refractivity (Wildman–Crippen MR) is 76.7 cm³/mol. The largest absolute Gasteiger partial charge is 0.481 e. The average Bonchev–Trinajstić information content (AvgIpc) is 2.45. The standard InChI is InChI=1S/C14H24N4O/c1-11(2)16-9-12-5-4-8-18(10-12)14-15-7-6-13(17-14)19-3/h6-7,11-12,16H,4-5,8-10H2,1-3H3. The summed E-state index contributed by atoms with van der Waals surface area (Å²) in [5.41, 5.74) is 0. The number of methoxy groups -OCH3 is 1. The third-order valence-electron chi connectivity index (χ3n) is 3.44. The van der Waals surface area contributed by atoms with Crippen molar-refractivity contribution in [3.05, 3.63) is 12.3 Å². The van der Waals surface area contributed by atoms with Gasteiger partial charge in [-0.15, -0.1) is 0 Å². The first-order chi connectivity index (χ1) is 9.19. The van der Waals surface area contributed by atoms with E-state index in [2.05, 4.69) is 34.0 Å². The molecule has 1 aliphatic heterocycles. The zero-order chi connectivity index (χ0) is 13.7. The number of rotatable bonds is 5. The molecule has 1 fully saturated rings. The summed E-state index contributed by atoms with van der Waals surface area (Å²) in [5.74, 6) is 2.09. The summed E-state index contributed by atoms with van der Waals surface area (Å²) in [7, 11) is 1.64. The molecule has 1 N–H and O–H groups in total. The molecular weight excluding hydrogens is 240 g/mol. The molecule has 106 valence electrons. The van der Waals surface area contributed by atoms with E-state index < -0.39 is 0 Å². The summed E-state index contributed by atoms with van der Waals surface area (Å²) in [4.78, 5) is 11.0. The maximum Gasteiger partial charge on any atom is 0.228 e. The van der Waals surface area contributed by atoms with Crippen LogP contribution in [0.3, 0.4) is 0 Å². The summed E-state index contributed by atoms with van der Waals surface area (Å²) in [6.07, 6.45) is 4.24. The lowest BCUT2D eigenvalue weighted by molar-refractivity contribution is 0.372. The highest BCUT2D eigenvalue weighted by atomic mass is 16.5. The molecule has 19 heavy (non-hydrogen) atoms. The molecule has 0 aromatic carbocycles. The number of anilines is 1. The lowest BCUT2D eigenvalue weighted by Crippen LogP contribution is -2.41. The minimum atomic E-state index is 0.545. The normalized spacial score (nSPS) is 19.8. The molecule has 5 nitrogen and oxygen atoms in total. The minimum absolute atomic E-state index is 0.545. The van der Waals surface area contributed by atoms with Gasteiger partial charge in [0.05, 0.1) is 7.11 Å². The lowest BCUT2D eigenvalue weighted by atomic mass is 9.98. The van der Waals surface area contributed by atoms with Crippen LogP contribution in [-0.4, -0.2) is 42.8 Å². The molecule has 0 amide bonds. The van der Waals surface area contributed by atoms with Crippen LogP contribution in [0.4, 0.5) is 5.95 Å². The summed E-state index contributed by atoms with van der Waals surface area (Å²) < 4.78 is 5.16. The first kappa shape index (κ1) is 14.1. The SMILES string of the molecule is COc1ccnc(N2CCCC(CNC(C)C)C2)n1. The van der Waals surface area contributed by atoms with Crippen molar-refractivity contribution in [1.82, 2.24) is 15.3 Å². The molecule has 0 aliphatic carbocycles. The van der Waals surface area contributed by atoms with E-state index in [-0.39, 0.29) is 0 Å². The van der Waals surface area contributed by atoms with Crippen LogP contribution in [0.25, 0.3) is 0 Å². The highest BCUT2D eigenvalue weighted by Crippen LogP contribution is 2.21. The Hall–Kier alpha value is -1.36. The van der Waals surface area contributed by atoms with Crippen LogP contribution >= 0.6 is 0 Å². The summed E-state index contributed by atoms with van der Waals surface area (Å²) >= 11 is 0. The van der Waals surface area contributed by atoms with Crippen LogP contribution in [0, 0.1) is 5.92 Å². The fourth-order valence-corrected chi connectivity index (χ4v) is 2.41. The van der Waals surface area contributed by atoms with Crippen molar-refractivity contribution in [2.45, 2.75) is 32.7 Å². The molecule has 1 atom stereocenters. The number of ether oxygens (including phenoxy) is 1. The van der Waals surface area contributed by atoms with Crippen molar-refractivity contribution in [2.24, 2.45) is 5.92 Å². The Labute approximate surface area is 115 Å². The molecule has 1 unspecified atom stereocenters. The topological polar surface area (TPSA) is 50.3 Å². The Balaban J connectivity index is 1.96. The van der Waals surface area contributed by atoms with Gasteiger partial charge in [-0.05, 0) is 25.3 Å². The Bertz CT molecular complexity index is 397. The summed E-state index contributed by atoms with van der Waals surface area (Å²) in [5, 5.41) is 3.52. The number of hydrogen-bond acceptors (Lipinski definition) is 5. The van der Waals surface area contributed by atoms with Crippen LogP contribution < -0.4 is 15.0 Å². The van der Waals surface area contributed by atoms with Crippen LogP contribution in [0.1, 0.15) is 26.7 Å². The van der Waals surface area contributed by atoms with E-state index in [9.17, 15) is 0 Å². The van der Waals surface area contributed by atoms with Crippen molar-refractivity contribution in [3.8, 4) is 5.88 Å². The zero-order valence-electron chi connectivity index (χ0n) is 12.1. The van der Waals surface area contributed by atoms with Gasteiger partial charge in [-0.1, -0.05) is 13.8 Å². The van der Waals surface area contributed by atoms with Crippen molar-refractivity contribution in [3.63, 3.8) is 0 Å². The highest BCUT2D eigenvalue weighted by molar-refractivity contribution is 5.32. The molecule has 2 heterocycles. The lowest BCUT2D eigenvalue weighted by Gasteiger charge is -2.33. The molecule has 0 bridgehead atoms. The second-order valence-electron chi connectivity index (χ2n) is 5.42. The van der Waals surface area contributed by atoms with Gasteiger partial charge in [-0.25, -0.2) is 4.98 Å². The van der Waals surface area contributed by atoms with Gasteiger partial charge in [0.25, 0.3) is 0 Å². The Morgan fingerprint density at radius 3 is 3.11 bits per heavy atom. The van der Waals surface area contributed by atoms with Crippen molar-refractivity contribution in [1.29, 1.82) is 0 Å². The third kappa shape index (κ3) is 4.06. The third-order valence-corrected chi connectivity index (χ3v) is 3.44. The number of nitrogens with zero attached hydrogens (tertiary/aromatic N) is 3. The Morgan fingerprint density at radius 1 is 1.53 bits per heavy atom. The number of hydrogen-bond donors (Lipinski definition) is 1. The minimum Gasteiger partial charge on any atom is -0.481 e. The molecular formula is C14H24N4O. The average molecular weight is 264 g/mol. The second kappa shape index (κ2) is 6.70.